The van der Waals surface area contributed by atoms with Crippen LogP contribution in [0.1, 0.15) is 18.3 Å². The van der Waals surface area contributed by atoms with Crippen LogP contribution in [-0.2, 0) is 21.3 Å². The molecule has 1 heterocycles. The van der Waals surface area contributed by atoms with Crippen molar-refractivity contribution in [2.75, 3.05) is 27.4 Å². The summed E-state index contributed by atoms with van der Waals surface area (Å²) >= 11 is 0. The van der Waals surface area contributed by atoms with Gasteiger partial charge in [0, 0.05) is 20.2 Å². The van der Waals surface area contributed by atoms with Gasteiger partial charge in [0.05, 0.1) is 31.1 Å². The zero-order valence-corrected chi connectivity index (χ0v) is 13.4. The Morgan fingerprint density at radius 1 is 1.45 bits per heavy atom. The molecule has 0 bridgehead atoms. The highest BCUT2D eigenvalue weighted by atomic mass is 32.2. The van der Waals surface area contributed by atoms with Gasteiger partial charge in [0.1, 0.15) is 4.90 Å². The van der Waals surface area contributed by atoms with E-state index in [2.05, 4.69) is 5.10 Å². The summed E-state index contributed by atoms with van der Waals surface area (Å²) in [6, 6.07) is -0.273. The lowest BCUT2D eigenvalue weighted by Crippen LogP contribution is -2.38. The maximum atomic E-state index is 12.7. The maximum absolute atomic E-state index is 12.7. The molecule has 0 fully saturated rings. The van der Waals surface area contributed by atoms with Crippen LogP contribution in [0, 0.1) is 13.8 Å². The van der Waals surface area contributed by atoms with Crippen LogP contribution in [0.3, 0.4) is 0 Å². The number of hydrogen-bond acceptors (Lipinski definition) is 5. The van der Waals surface area contributed by atoms with Crippen molar-refractivity contribution in [3.8, 4) is 0 Å². The summed E-state index contributed by atoms with van der Waals surface area (Å²) in [5.74, 6) is 0. The summed E-state index contributed by atoms with van der Waals surface area (Å²) in [7, 11) is -0.567. The standard InChI is InChI=1S/C12H23N3O4S/c1-9(8-19-5)14(4)20(17,18)12-10(2)13-15(6-7-16)11(12)3/h9,16H,6-8H2,1-5H3. The van der Waals surface area contributed by atoms with Crippen molar-refractivity contribution in [1.29, 1.82) is 0 Å². The molecule has 0 aliphatic rings. The van der Waals surface area contributed by atoms with Crippen molar-refractivity contribution < 1.29 is 18.3 Å². The Bertz CT molecular complexity index is 553. The van der Waals surface area contributed by atoms with Gasteiger partial charge >= 0.3 is 0 Å². The zero-order valence-electron chi connectivity index (χ0n) is 12.6. The van der Waals surface area contributed by atoms with E-state index in [0.29, 0.717) is 18.0 Å². The van der Waals surface area contributed by atoms with Crippen molar-refractivity contribution >= 4 is 10.0 Å². The fraction of sp³-hybridized carbons (Fsp3) is 0.750. The summed E-state index contributed by atoms with van der Waals surface area (Å²) in [4.78, 5) is 0.205. The van der Waals surface area contributed by atoms with Crippen LogP contribution in [0.4, 0.5) is 0 Å². The van der Waals surface area contributed by atoms with Gasteiger partial charge in [-0.15, -0.1) is 0 Å². The van der Waals surface area contributed by atoms with Crippen LogP contribution in [0.5, 0.6) is 0 Å². The van der Waals surface area contributed by atoms with E-state index in [1.807, 2.05) is 0 Å². The third kappa shape index (κ3) is 3.20. The number of rotatable bonds is 7. The molecule has 1 unspecified atom stereocenters. The molecule has 0 amide bonds. The van der Waals surface area contributed by atoms with E-state index >= 15 is 0 Å². The number of aryl methyl sites for hydroxylation is 1. The number of ether oxygens (including phenoxy) is 1. The Morgan fingerprint density at radius 3 is 2.55 bits per heavy atom. The molecule has 116 valence electrons. The van der Waals surface area contributed by atoms with Gasteiger partial charge in [0.25, 0.3) is 0 Å². The van der Waals surface area contributed by atoms with Gasteiger partial charge in [0.15, 0.2) is 0 Å². The molecule has 7 nitrogen and oxygen atoms in total. The minimum absolute atomic E-state index is 0.0859. The summed E-state index contributed by atoms with van der Waals surface area (Å²) in [6.07, 6.45) is 0. The zero-order chi connectivity index (χ0) is 15.5. The van der Waals surface area contributed by atoms with Crippen LogP contribution < -0.4 is 0 Å². The Labute approximate surface area is 120 Å². The lowest BCUT2D eigenvalue weighted by molar-refractivity contribution is 0.149. The van der Waals surface area contributed by atoms with E-state index in [1.165, 1.54) is 23.1 Å². The van der Waals surface area contributed by atoms with Crippen LogP contribution in [-0.4, -0.2) is 61.0 Å². The summed E-state index contributed by atoms with van der Waals surface area (Å²) in [6.45, 7) is 5.64. The number of aliphatic hydroxyl groups excluding tert-OH is 1. The highest BCUT2D eigenvalue weighted by molar-refractivity contribution is 7.89. The molecular formula is C12H23N3O4S. The predicted molar refractivity (Wildman–Crippen MR) is 75.1 cm³/mol. The molecule has 0 aliphatic heterocycles. The number of aliphatic hydroxyl groups is 1. The molecule has 1 N–H and O–H groups in total. The molecule has 20 heavy (non-hydrogen) atoms. The molecule has 0 saturated heterocycles. The first kappa shape index (κ1) is 17.1. The Balaban J connectivity index is 3.22. The van der Waals surface area contributed by atoms with E-state index in [9.17, 15) is 8.42 Å². The molecule has 0 aliphatic carbocycles. The van der Waals surface area contributed by atoms with Crippen LogP contribution >= 0.6 is 0 Å². The highest BCUT2D eigenvalue weighted by Crippen LogP contribution is 2.24. The molecule has 0 spiro atoms. The molecule has 1 atom stereocenters. The van der Waals surface area contributed by atoms with Gasteiger partial charge in [-0.25, -0.2) is 8.42 Å². The first-order chi connectivity index (χ1) is 9.27. The lowest BCUT2D eigenvalue weighted by atomic mass is 10.4. The Morgan fingerprint density at radius 2 is 2.05 bits per heavy atom. The number of methoxy groups -OCH3 is 1. The van der Waals surface area contributed by atoms with Gasteiger partial charge in [0.2, 0.25) is 10.0 Å². The largest absolute Gasteiger partial charge is 0.394 e. The second-order valence-electron chi connectivity index (χ2n) is 4.77. The molecule has 0 aromatic carbocycles. The number of nitrogens with zero attached hydrogens (tertiary/aromatic N) is 3. The smallest absolute Gasteiger partial charge is 0.246 e. The maximum Gasteiger partial charge on any atom is 0.246 e. The second kappa shape index (κ2) is 6.66. The van der Waals surface area contributed by atoms with E-state index < -0.39 is 10.0 Å². The molecule has 8 heteroatoms. The number of sulfonamides is 1. The average molecular weight is 305 g/mol. The van der Waals surface area contributed by atoms with Crippen molar-refractivity contribution in [3.05, 3.63) is 11.4 Å². The van der Waals surface area contributed by atoms with Crippen LogP contribution in [0.25, 0.3) is 0 Å². The fourth-order valence-electron chi connectivity index (χ4n) is 2.09. The monoisotopic (exact) mass is 305 g/mol. The topological polar surface area (TPSA) is 84.7 Å². The number of hydrogen-bond donors (Lipinski definition) is 1. The minimum Gasteiger partial charge on any atom is -0.394 e. The van der Waals surface area contributed by atoms with Crippen molar-refractivity contribution in [2.24, 2.45) is 0 Å². The molecule has 0 saturated carbocycles. The van der Waals surface area contributed by atoms with Gasteiger partial charge in [-0.3, -0.25) is 4.68 Å². The van der Waals surface area contributed by atoms with Gasteiger partial charge in [-0.2, -0.15) is 9.40 Å². The first-order valence-corrected chi connectivity index (χ1v) is 7.83. The highest BCUT2D eigenvalue weighted by Gasteiger charge is 2.31. The fourth-order valence-corrected chi connectivity index (χ4v) is 3.81. The predicted octanol–water partition coefficient (Wildman–Crippen LogP) is 0.148. The third-order valence-electron chi connectivity index (χ3n) is 3.29. The number of aromatic nitrogens is 2. The minimum atomic E-state index is -3.63. The Hall–Kier alpha value is -0.960. The third-order valence-corrected chi connectivity index (χ3v) is 5.52. The lowest BCUT2D eigenvalue weighted by Gasteiger charge is -2.23. The molecular weight excluding hydrogens is 282 g/mol. The van der Waals surface area contributed by atoms with Crippen molar-refractivity contribution in [1.82, 2.24) is 14.1 Å². The van der Waals surface area contributed by atoms with Gasteiger partial charge in [-0.05, 0) is 20.8 Å². The summed E-state index contributed by atoms with van der Waals surface area (Å²) in [5, 5.41) is 13.2. The second-order valence-corrected chi connectivity index (χ2v) is 6.71. The van der Waals surface area contributed by atoms with Crippen LogP contribution in [0.15, 0.2) is 4.90 Å². The first-order valence-electron chi connectivity index (χ1n) is 6.39. The summed E-state index contributed by atoms with van der Waals surface area (Å²) < 4.78 is 33.1. The quantitative estimate of drug-likeness (QED) is 0.775. The normalized spacial score (nSPS) is 13.9. The van der Waals surface area contributed by atoms with E-state index in [1.54, 1.807) is 20.8 Å². The van der Waals surface area contributed by atoms with Crippen molar-refractivity contribution in [3.63, 3.8) is 0 Å². The van der Waals surface area contributed by atoms with Gasteiger partial charge in [-0.1, -0.05) is 0 Å². The van der Waals surface area contributed by atoms with E-state index in [0.717, 1.165) is 0 Å². The van der Waals surface area contributed by atoms with E-state index in [4.69, 9.17) is 9.84 Å². The average Bonchev–Trinajstić information content (AvgIpc) is 2.64. The summed E-state index contributed by atoms with van der Waals surface area (Å²) in [5.41, 5.74) is 0.973. The molecule has 1 aromatic rings. The van der Waals surface area contributed by atoms with E-state index in [-0.39, 0.29) is 24.1 Å². The SMILES string of the molecule is COCC(C)N(C)S(=O)(=O)c1c(C)nn(CCO)c1C. The Kier molecular flexibility index (Phi) is 5.69. The molecule has 0 radical (unpaired) electrons. The van der Waals surface area contributed by atoms with Crippen molar-refractivity contribution in [2.45, 2.75) is 38.3 Å². The van der Waals surface area contributed by atoms with Gasteiger partial charge < -0.3 is 9.84 Å². The van der Waals surface area contributed by atoms with Crippen LogP contribution in [0.2, 0.25) is 0 Å². The molecule has 1 aromatic heterocycles. The number of likely N-dealkylation sites (N-methyl/N-ethyl adjacent to an activating group) is 1. The molecule has 1 rings (SSSR count).